The molecular formula is C15H23NOS. The minimum absolute atomic E-state index is 0.436. The lowest BCUT2D eigenvalue weighted by molar-refractivity contribution is 0.445. The van der Waals surface area contributed by atoms with Crippen LogP contribution in [0.2, 0.25) is 0 Å². The molecule has 100 valence electrons. The highest BCUT2D eigenvalue weighted by molar-refractivity contribution is 7.84. The van der Waals surface area contributed by atoms with Gasteiger partial charge in [0.2, 0.25) is 0 Å². The molecule has 0 bridgehead atoms. The summed E-state index contributed by atoms with van der Waals surface area (Å²) in [5.41, 5.74) is 4.30. The van der Waals surface area contributed by atoms with Gasteiger partial charge in [0.05, 0.1) is 0 Å². The van der Waals surface area contributed by atoms with E-state index in [9.17, 15) is 4.21 Å². The third-order valence-corrected chi connectivity index (χ3v) is 4.51. The first-order chi connectivity index (χ1) is 8.56. The Hall–Kier alpha value is -0.670. The number of hydrogen-bond donors (Lipinski definition) is 1. The highest BCUT2D eigenvalue weighted by Gasteiger charge is 2.23. The van der Waals surface area contributed by atoms with E-state index in [-0.39, 0.29) is 0 Å². The van der Waals surface area contributed by atoms with Crippen LogP contribution in [0.15, 0.2) is 18.2 Å². The van der Waals surface area contributed by atoms with Crippen LogP contribution in [0.1, 0.15) is 42.5 Å². The number of hydrogen-bond acceptors (Lipinski definition) is 2. The van der Waals surface area contributed by atoms with Crippen molar-refractivity contribution in [2.24, 2.45) is 0 Å². The fourth-order valence-corrected chi connectivity index (χ4v) is 3.35. The Morgan fingerprint density at radius 3 is 3.00 bits per heavy atom. The molecule has 0 aliphatic heterocycles. The van der Waals surface area contributed by atoms with E-state index in [2.05, 4.69) is 37.4 Å². The minimum Gasteiger partial charge on any atom is -0.307 e. The van der Waals surface area contributed by atoms with Crippen molar-refractivity contribution in [1.29, 1.82) is 0 Å². The molecule has 0 amide bonds. The molecular weight excluding hydrogens is 242 g/mol. The zero-order chi connectivity index (χ0) is 13.1. The Balaban J connectivity index is 1.96. The van der Waals surface area contributed by atoms with E-state index in [1.807, 2.05) is 0 Å². The first-order valence-corrected chi connectivity index (χ1v) is 8.44. The van der Waals surface area contributed by atoms with Crippen LogP contribution in [0.3, 0.4) is 0 Å². The summed E-state index contributed by atoms with van der Waals surface area (Å²) in [6, 6.07) is 7.69. The van der Waals surface area contributed by atoms with Crippen LogP contribution in [0.4, 0.5) is 0 Å². The molecule has 0 saturated carbocycles. The summed E-state index contributed by atoms with van der Waals surface area (Å²) in [7, 11) is -0.678. The number of rotatable bonds is 5. The van der Waals surface area contributed by atoms with Crippen LogP contribution < -0.4 is 5.32 Å². The lowest BCUT2D eigenvalue weighted by atomic mass is 10.0. The van der Waals surface area contributed by atoms with Gasteiger partial charge in [-0.3, -0.25) is 4.21 Å². The SMILES string of the molecule is Cc1ccc2c(c1)C(NC(C)CCS(C)=O)CC2. The molecule has 3 heteroatoms. The van der Waals surface area contributed by atoms with Crippen LogP contribution in [0, 0.1) is 6.92 Å². The highest BCUT2D eigenvalue weighted by atomic mass is 32.2. The fraction of sp³-hybridized carbons (Fsp3) is 0.600. The molecule has 3 unspecified atom stereocenters. The summed E-state index contributed by atoms with van der Waals surface area (Å²) < 4.78 is 11.1. The van der Waals surface area contributed by atoms with Crippen LogP contribution >= 0.6 is 0 Å². The van der Waals surface area contributed by atoms with Gasteiger partial charge in [0, 0.05) is 34.9 Å². The Morgan fingerprint density at radius 2 is 2.28 bits per heavy atom. The largest absolute Gasteiger partial charge is 0.307 e. The van der Waals surface area contributed by atoms with Crippen molar-refractivity contribution < 1.29 is 4.21 Å². The Labute approximate surface area is 113 Å². The van der Waals surface area contributed by atoms with Gasteiger partial charge >= 0.3 is 0 Å². The lowest BCUT2D eigenvalue weighted by Crippen LogP contribution is -2.30. The number of fused-ring (bicyclic) bond motifs is 1. The molecule has 1 N–H and O–H groups in total. The molecule has 0 radical (unpaired) electrons. The van der Waals surface area contributed by atoms with Crippen molar-refractivity contribution in [1.82, 2.24) is 5.32 Å². The second-order valence-electron chi connectivity index (χ2n) is 5.43. The minimum atomic E-state index is -0.678. The molecule has 0 saturated heterocycles. The van der Waals surface area contributed by atoms with Crippen LogP contribution in [-0.4, -0.2) is 22.3 Å². The van der Waals surface area contributed by atoms with Gasteiger partial charge in [-0.15, -0.1) is 0 Å². The van der Waals surface area contributed by atoms with Crippen molar-refractivity contribution >= 4 is 10.8 Å². The molecule has 0 aromatic heterocycles. The quantitative estimate of drug-likeness (QED) is 0.887. The fourth-order valence-electron chi connectivity index (χ4n) is 2.66. The molecule has 3 atom stereocenters. The average Bonchev–Trinajstić information content (AvgIpc) is 2.69. The van der Waals surface area contributed by atoms with Crippen LogP contribution in [0.25, 0.3) is 0 Å². The molecule has 0 spiro atoms. The van der Waals surface area contributed by atoms with E-state index < -0.39 is 10.8 Å². The molecule has 1 aromatic carbocycles. The number of aryl methyl sites for hydroxylation is 2. The van der Waals surface area contributed by atoms with E-state index in [1.54, 1.807) is 6.26 Å². The summed E-state index contributed by atoms with van der Waals surface area (Å²) in [6.07, 6.45) is 5.14. The second kappa shape index (κ2) is 5.98. The van der Waals surface area contributed by atoms with Gasteiger partial charge in [-0.1, -0.05) is 23.8 Å². The number of nitrogens with one attached hydrogen (secondary N) is 1. The molecule has 1 aromatic rings. The zero-order valence-electron chi connectivity index (χ0n) is 11.5. The summed E-state index contributed by atoms with van der Waals surface area (Å²) in [6.45, 7) is 4.35. The first-order valence-electron chi connectivity index (χ1n) is 6.72. The third-order valence-electron chi connectivity index (χ3n) is 3.70. The van der Waals surface area contributed by atoms with Crippen molar-refractivity contribution in [2.75, 3.05) is 12.0 Å². The maximum Gasteiger partial charge on any atom is 0.0328 e. The van der Waals surface area contributed by atoms with Crippen molar-refractivity contribution in [3.63, 3.8) is 0 Å². The van der Waals surface area contributed by atoms with E-state index in [1.165, 1.54) is 29.5 Å². The summed E-state index contributed by atoms with van der Waals surface area (Å²) in [5.74, 6) is 0.793. The summed E-state index contributed by atoms with van der Waals surface area (Å²) in [5, 5.41) is 3.68. The maximum absolute atomic E-state index is 11.1. The predicted molar refractivity (Wildman–Crippen MR) is 78.4 cm³/mol. The Kier molecular flexibility index (Phi) is 4.57. The third kappa shape index (κ3) is 3.42. The van der Waals surface area contributed by atoms with Gasteiger partial charge in [0.15, 0.2) is 0 Å². The van der Waals surface area contributed by atoms with Crippen LogP contribution in [0.5, 0.6) is 0 Å². The standard InChI is InChI=1S/C15H23NOS/c1-11-4-5-13-6-7-15(14(13)10-11)16-12(2)8-9-18(3)17/h4-5,10,12,15-16H,6-9H2,1-3H3. The monoisotopic (exact) mass is 265 g/mol. The molecule has 0 heterocycles. The topological polar surface area (TPSA) is 29.1 Å². The molecule has 1 aliphatic carbocycles. The van der Waals surface area contributed by atoms with E-state index in [0.29, 0.717) is 12.1 Å². The molecule has 18 heavy (non-hydrogen) atoms. The highest BCUT2D eigenvalue weighted by Crippen LogP contribution is 2.32. The Bertz CT molecular complexity index is 444. The van der Waals surface area contributed by atoms with Crippen molar-refractivity contribution in [2.45, 2.75) is 45.2 Å². The molecule has 2 rings (SSSR count). The normalized spacial score (nSPS) is 21.6. The average molecular weight is 265 g/mol. The van der Waals surface area contributed by atoms with Gasteiger partial charge in [0.1, 0.15) is 0 Å². The van der Waals surface area contributed by atoms with Crippen LogP contribution in [-0.2, 0) is 17.2 Å². The molecule has 0 fully saturated rings. The zero-order valence-corrected chi connectivity index (χ0v) is 12.3. The molecule has 1 aliphatic rings. The van der Waals surface area contributed by atoms with Gasteiger partial charge in [-0.25, -0.2) is 0 Å². The Morgan fingerprint density at radius 1 is 1.50 bits per heavy atom. The van der Waals surface area contributed by atoms with E-state index in [4.69, 9.17) is 0 Å². The maximum atomic E-state index is 11.1. The summed E-state index contributed by atoms with van der Waals surface area (Å²) in [4.78, 5) is 0. The van der Waals surface area contributed by atoms with Gasteiger partial charge in [-0.2, -0.15) is 0 Å². The van der Waals surface area contributed by atoms with Gasteiger partial charge in [-0.05, 0) is 44.2 Å². The van der Waals surface area contributed by atoms with E-state index in [0.717, 1.165) is 12.2 Å². The van der Waals surface area contributed by atoms with Crippen molar-refractivity contribution in [3.05, 3.63) is 34.9 Å². The van der Waals surface area contributed by atoms with Gasteiger partial charge < -0.3 is 5.32 Å². The molecule has 2 nitrogen and oxygen atoms in total. The predicted octanol–water partition coefficient (Wildman–Crippen LogP) is 2.73. The van der Waals surface area contributed by atoms with Gasteiger partial charge in [0.25, 0.3) is 0 Å². The lowest BCUT2D eigenvalue weighted by Gasteiger charge is -2.20. The smallest absolute Gasteiger partial charge is 0.0328 e. The van der Waals surface area contributed by atoms with Crippen molar-refractivity contribution in [3.8, 4) is 0 Å². The number of benzene rings is 1. The van der Waals surface area contributed by atoms with E-state index >= 15 is 0 Å². The summed E-state index contributed by atoms with van der Waals surface area (Å²) >= 11 is 0. The first kappa shape index (κ1) is 13.8. The second-order valence-corrected chi connectivity index (χ2v) is 6.98.